The lowest BCUT2D eigenvalue weighted by molar-refractivity contribution is -0.275. The van der Waals surface area contributed by atoms with Gasteiger partial charge in [0.1, 0.15) is 0 Å². The highest BCUT2D eigenvalue weighted by Gasteiger charge is 2.34. The summed E-state index contributed by atoms with van der Waals surface area (Å²) in [6.45, 7) is -0.348. The highest BCUT2D eigenvalue weighted by atomic mass is 19.4. The van der Waals surface area contributed by atoms with Gasteiger partial charge in [-0.05, 0) is 0 Å². The third-order valence-electron chi connectivity index (χ3n) is 1.91. The third kappa shape index (κ3) is 3.48. The number of aliphatic carboxylic acids is 1. The van der Waals surface area contributed by atoms with E-state index in [9.17, 15) is 23.1 Å². The molecule has 0 atom stereocenters. The molecular formula is C9H9F3N2O4. The van der Waals surface area contributed by atoms with Crippen LogP contribution in [0.2, 0.25) is 0 Å². The lowest BCUT2D eigenvalue weighted by Gasteiger charge is -2.15. The Morgan fingerprint density at radius 1 is 1.50 bits per heavy atom. The van der Waals surface area contributed by atoms with E-state index in [1.165, 1.54) is 0 Å². The van der Waals surface area contributed by atoms with Crippen LogP contribution in [0.25, 0.3) is 0 Å². The second kappa shape index (κ2) is 5.08. The summed E-state index contributed by atoms with van der Waals surface area (Å²) < 4.78 is 40.0. The van der Waals surface area contributed by atoms with Crippen molar-refractivity contribution in [1.29, 1.82) is 0 Å². The van der Waals surface area contributed by atoms with Crippen molar-refractivity contribution in [3.05, 3.63) is 17.5 Å². The van der Waals surface area contributed by atoms with Gasteiger partial charge in [-0.1, -0.05) is 0 Å². The molecule has 0 saturated carbocycles. The number of nitrogens with two attached hydrogens (primary N) is 1. The van der Waals surface area contributed by atoms with Crippen LogP contribution in [0.1, 0.15) is 11.3 Å². The molecule has 6 nitrogen and oxygen atoms in total. The molecule has 4 N–H and O–H groups in total. The Morgan fingerprint density at radius 3 is 2.56 bits per heavy atom. The standard InChI is InChI=1S/C9H9F3N2O4/c10-9(11,12)18-8-4(2-13)3-14-5(7(8)17)1-6(15)16/h3,17H,1-2,13H2,(H,15,16). The van der Waals surface area contributed by atoms with E-state index in [2.05, 4.69) is 9.72 Å². The van der Waals surface area contributed by atoms with Crippen molar-refractivity contribution in [1.82, 2.24) is 4.98 Å². The summed E-state index contributed by atoms with van der Waals surface area (Å²) in [4.78, 5) is 14.0. The number of halogens is 3. The van der Waals surface area contributed by atoms with Gasteiger partial charge in [0.05, 0.1) is 12.1 Å². The maximum absolute atomic E-state index is 12.1. The van der Waals surface area contributed by atoms with Crippen LogP contribution in [0.5, 0.6) is 11.5 Å². The predicted molar refractivity (Wildman–Crippen MR) is 51.8 cm³/mol. The molecule has 0 bridgehead atoms. The number of aromatic hydroxyl groups is 1. The largest absolute Gasteiger partial charge is 0.573 e. The minimum Gasteiger partial charge on any atom is -0.503 e. The van der Waals surface area contributed by atoms with Gasteiger partial charge in [0.15, 0.2) is 11.5 Å². The van der Waals surface area contributed by atoms with E-state index >= 15 is 0 Å². The number of alkyl halides is 3. The Kier molecular flexibility index (Phi) is 3.96. The number of ether oxygens (including phenoxy) is 1. The minimum absolute atomic E-state index is 0.182. The molecule has 100 valence electrons. The fraction of sp³-hybridized carbons (Fsp3) is 0.333. The summed E-state index contributed by atoms with van der Waals surface area (Å²) in [7, 11) is 0. The Morgan fingerprint density at radius 2 is 2.11 bits per heavy atom. The zero-order valence-corrected chi connectivity index (χ0v) is 8.86. The highest BCUT2D eigenvalue weighted by Crippen LogP contribution is 2.36. The molecule has 0 aliphatic carbocycles. The number of aromatic nitrogens is 1. The Hall–Kier alpha value is -2.03. The monoisotopic (exact) mass is 266 g/mol. The zero-order valence-electron chi connectivity index (χ0n) is 8.86. The van der Waals surface area contributed by atoms with E-state index < -0.39 is 35.9 Å². The Labute approximate surface area is 98.8 Å². The zero-order chi connectivity index (χ0) is 13.9. The smallest absolute Gasteiger partial charge is 0.503 e. The molecule has 0 fully saturated rings. The van der Waals surface area contributed by atoms with E-state index in [4.69, 9.17) is 10.8 Å². The van der Waals surface area contributed by atoms with E-state index in [0.717, 1.165) is 6.20 Å². The van der Waals surface area contributed by atoms with E-state index in [0.29, 0.717) is 0 Å². The van der Waals surface area contributed by atoms with Gasteiger partial charge in [-0.3, -0.25) is 9.78 Å². The average molecular weight is 266 g/mol. The molecule has 1 aromatic rings. The molecule has 0 spiro atoms. The quantitative estimate of drug-likeness (QED) is 0.743. The molecule has 1 aromatic heterocycles. The van der Waals surface area contributed by atoms with E-state index in [-0.39, 0.29) is 12.1 Å². The van der Waals surface area contributed by atoms with Gasteiger partial charge in [-0.15, -0.1) is 13.2 Å². The molecule has 9 heteroatoms. The van der Waals surface area contributed by atoms with Crippen LogP contribution >= 0.6 is 0 Å². The number of carboxylic acid groups (broad SMARTS) is 1. The maximum Gasteiger partial charge on any atom is 0.573 e. The lowest BCUT2D eigenvalue weighted by atomic mass is 10.1. The van der Waals surface area contributed by atoms with Gasteiger partial charge < -0.3 is 20.7 Å². The van der Waals surface area contributed by atoms with Gasteiger partial charge in [0.2, 0.25) is 0 Å². The van der Waals surface area contributed by atoms with E-state index in [1.807, 2.05) is 0 Å². The van der Waals surface area contributed by atoms with Gasteiger partial charge >= 0.3 is 12.3 Å². The second-order valence-electron chi connectivity index (χ2n) is 3.23. The number of nitrogens with zero attached hydrogens (tertiary/aromatic N) is 1. The summed E-state index contributed by atoms with van der Waals surface area (Å²) in [5.41, 5.74) is 4.56. The number of hydrogen-bond donors (Lipinski definition) is 3. The molecule has 0 radical (unpaired) electrons. The maximum atomic E-state index is 12.1. The average Bonchev–Trinajstić information content (AvgIpc) is 2.22. The first kappa shape index (κ1) is 14.0. The molecule has 0 aliphatic rings. The van der Waals surface area contributed by atoms with Crippen LogP contribution in [-0.2, 0) is 17.8 Å². The van der Waals surface area contributed by atoms with Crippen molar-refractivity contribution in [3.63, 3.8) is 0 Å². The van der Waals surface area contributed by atoms with Crippen molar-refractivity contribution >= 4 is 5.97 Å². The van der Waals surface area contributed by atoms with Crippen molar-refractivity contribution in [2.24, 2.45) is 5.73 Å². The molecule has 1 rings (SSSR count). The summed E-state index contributed by atoms with van der Waals surface area (Å²) in [5.74, 6) is -3.25. The van der Waals surface area contributed by atoms with Gasteiger partial charge in [-0.25, -0.2) is 0 Å². The van der Waals surface area contributed by atoms with Crippen LogP contribution < -0.4 is 10.5 Å². The van der Waals surface area contributed by atoms with Gasteiger partial charge in [-0.2, -0.15) is 0 Å². The second-order valence-corrected chi connectivity index (χ2v) is 3.23. The van der Waals surface area contributed by atoms with Crippen molar-refractivity contribution < 1.29 is 32.9 Å². The normalized spacial score (nSPS) is 11.3. The molecule has 0 saturated heterocycles. The topological polar surface area (TPSA) is 106 Å². The van der Waals surface area contributed by atoms with Gasteiger partial charge in [0, 0.05) is 18.3 Å². The number of pyridine rings is 1. The highest BCUT2D eigenvalue weighted by molar-refractivity contribution is 5.71. The molecule has 0 unspecified atom stereocenters. The van der Waals surface area contributed by atoms with Crippen LogP contribution in [-0.4, -0.2) is 27.5 Å². The Bertz CT molecular complexity index is 462. The number of carbonyl (C=O) groups is 1. The number of carboxylic acids is 1. The van der Waals surface area contributed by atoms with Crippen LogP contribution in [0.4, 0.5) is 13.2 Å². The molecule has 18 heavy (non-hydrogen) atoms. The third-order valence-corrected chi connectivity index (χ3v) is 1.91. The molecule has 0 amide bonds. The number of hydrogen-bond acceptors (Lipinski definition) is 5. The predicted octanol–water partition coefficient (Wildman–Crippen LogP) is 0.772. The summed E-state index contributed by atoms with van der Waals surface area (Å²) >= 11 is 0. The SMILES string of the molecule is NCc1cnc(CC(=O)O)c(O)c1OC(F)(F)F. The molecular weight excluding hydrogens is 257 g/mol. The van der Waals surface area contributed by atoms with Crippen molar-refractivity contribution in [3.8, 4) is 11.5 Å². The molecule has 0 aliphatic heterocycles. The summed E-state index contributed by atoms with van der Waals surface area (Å²) in [5, 5.41) is 18.0. The van der Waals surface area contributed by atoms with Crippen LogP contribution in [0, 0.1) is 0 Å². The van der Waals surface area contributed by atoms with E-state index in [1.54, 1.807) is 0 Å². The van der Waals surface area contributed by atoms with Crippen LogP contribution in [0.15, 0.2) is 6.20 Å². The summed E-state index contributed by atoms with van der Waals surface area (Å²) in [6, 6.07) is 0. The fourth-order valence-electron chi connectivity index (χ4n) is 1.21. The first-order valence-electron chi connectivity index (χ1n) is 4.62. The van der Waals surface area contributed by atoms with Crippen LogP contribution in [0.3, 0.4) is 0 Å². The van der Waals surface area contributed by atoms with Crippen molar-refractivity contribution in [2.45, 2.75) is 19.3 Å². The Balaban J connectivity index is 3.22. The molecule has 1 heterocycles. The number of rotatable bonds is 4. The first-order valence-corrected chi connectivity index (χ1v) is 4.62. The minimum atomic E-state index is -5.02. The first-order chi connectivity index (χ1) is 8.24. The summed E-state index contributed by atoms with van der Waals surface area (Å²) in [6.07, 6.45) is -4.83. The van der Waals surface area contributed by atoms with Crippen molar-refractivity contribution in [2.75, 3.05) is 0 Å². The lowest BCUT2D eigenvalue weighted by Crippen LogP contribution is -2.19. The molecule has 0 aromatic carbocycles. The fourth-order valence-corrected chi connectivity index (χ4v) is 1.21. The van der Waals surface area contributed by atoms with Gasteiger partial charge in [0.25, 0.3) is 0 Å².